The Balaban J connectivity index is 0.00000562. The molecule has 24 heteroatoms. The summed E-state index contributed by atoms with van der Waals surface area (Å²) < 4.78 is 0. The van der Waals surface area contributed by atoms with E-state index in [0.29, 0.717) is 4.90 Å². The molecule has 21 nitrogen and oxygen atoms in total. The Morgan fingerprint density at radius 3 is 2.52 bits per heavy atom. The van der Waals surface area contributed by atoms with E-state index in [1.165, 1.54) is 11.9 Å². The summed E-state index contributed by atoms with van der Waals surface area (Å²) in [6.45, 7) is 1.66. The van der Waals surface area contributed by atoms with Gasteiger partial charge in [0.1, 0.15) is 11.4 Å². The Labute approximate surface area is 313 Å². The van der Waals surface area contributed by atoms with Gasteiger partial charge in [-0.05, 0) is 35.0 Å². The third-order valence-corrected chi connectivity index (χ3v) is 9.60. The number of aromatic nitrogens is 4. The van der Waals surface area contributed by atoms with Gasteiger partial charge in [-0.3, -0.25) is 33.8 Å². The number of thiocarbonyl (C=S) groups is 1. The van der Waals surface area contributed by atoms with Crippen molar-refractivity contribution in [1.82, 2.24) is 51.0 Å². The second-order valence-corrected chi connectivity index (χ2v) is 11.9. The van der Waals surface area contributed by atoms with E-state index < -0.39 is 69.9 Å². The number of urea groups is 1. The molecule has 7 amide bonds. The number of amides is 7. The van der Waals surface area contributed by atoms with Crippen LogP contribution in [0.15, 0.2) is 29.5 Å². The molecule has 5 rings (SSSR count). The molecule has 2 saturated heterocycles. The van der Waals surface area contributed by atoms with Crippen LogP contribution in [-0.4, -0.2) is 136 Å². The molecular weight excluding hydrogens is 713 g/mol. The molecule has 1 aromatic carbocycles. The Kier molecular flexibility index (Phi) is 11.4. The van der Waals surface area contributed by atoms with Crippen LogP contribution in [0.1, 0.15) is 24.4 Å². The number of imide groups is 1. The van der Waals surface area contributed by atoms with E-state index in [9.17, 15) is 48.9 Å². The second kappa shape index (κ2) is 15.0. The molecule has 0 aliphatic carbocycles. The van der Waals surface area contributed by atoms with Crippen LogP contribution in [0.25, 0.3) is 0 Å². The number of hydrogen-bond acceptors (Lipinski definition) is 16. The number of carboxylic acid groups (broad SMARTS) is 1. The minimum atomic E-state index is -2.29. The predicted octanol–water partition coefficient (Wildman–Crippen LogP) is -7.40. The standard InChI is InChI=1S/C26H27N11O10S2.Na/c1-3-34-6-7-35(21(43)20(34)42)25(47)29-15(11-4-5-13(39)14(40)8-11)19(41)30-26(28-10-38)23(46)36-16(22(44)45)12(9-49-24(26)36)17(48)18-31-32-33-37(18)27-2;/h4-5,8,10,15,24,27,39-40H,3,6-7,9H2,1-2H3,(H,28,38)(H,29,47)(H,30,41)(H,44,45);/q;+1/p-1/t15?,24-,26+;/m0./s1. The van der Waals surface area contributed by atoms with Crippen molar-refractivity contribution >= 4 is 70.9 Å². The summed E-state index contributed by atoms with van der Waals surface area (Å²) in [5.74, 6) is -7.74. The molecular formula is C26H26N11NaO10S2. The summed E-state index contributed by atoms with van der Waals surface area (Å²) in [6, 6.07) is 0.0804. The van der Waals surface area contributed by atoms with Crippen molar-refractivity contribution in [2.45, 2.75) is 24.0 Å². The summed E-state index contributed by atoms with van der Waals surface area (Å²) >= 11 is 6.34. The summed E-state index contributed by atoms with van der Waals surface area (Å²) in [5.41, 5.74) is -0.533. The smallest absolute Gasteiger partial charge is 0.543 e. The topological polar surface area (TPSA) is 284 Å². The summed E-state index contributed by atoms with van der Waals surface area (Å²) in [7, 11) is 1.47. The number of phenolic OH excluding ortho intramolecular Hbond substituents is 2. The van der Waals surface area contributed by atoms with Gasteiger partial charge in [0.15, 0.2) is 11.5 Å². The number of thioether (sulfide) groups is 1. The molecule has 3 atom stereocenters. The molecule has 1 aromatic heterocycles. The van der Waals surface area contributed by atoms with Crippen molar-refractivity contribution in [1.29, 1.82) is 0 Å². The molecule has 1 unspecified atom stereocenters. The number of carbonyl (C=O) groups excluding carboxylic acids is 7. The number of aliphatic carboxylic acids is 1. The zero-order valence-corrected chi connectivity index (χ0v) is 30.0. The Hall–Kier alpha value is -4.84. The van der Waals surface area contributed by atoms with Crippen LogP contribution in [0.2, 0.25) is 0 Å². The molecule has 3 aliphatic rings. The van der Waals surface area contributed by atoms with Crippen molar-refractivity contribution in [3.05, 3.63) is 40.9 Å². The molecule has 0 saturated carbocycles. The van der Waals surface area contributed by atoms with E-state index in [1.807, 2.05) is 0 Å². The number of nitrogens with zero attached hydrogens (tertiary/aromatic N) is 7. The third kappa shape index (κ3) is 6.44. The minimum absolute atomic E-state index is 0. The molecule has 2 aromatic rings. The number of hydrogen-bond donors (Lipinski definition) is 6. The van der Waals surface area contributed by atoms with Gasteiger partial charge < -0.3 is 46.4 Å². The molecule has 3 aliphatic heterocycles. The summed E-state index contributed by atoms with van der Waals surface area (Å²) in [5, 5.41) is 48.9. The van der Waals surface area contributed by atoms with Gasteiger partial charge in [-0.2, -0.15) is 0 Å². The van der Waals surface area contributed by atoms with E-state index in [-0.39, 0.29) is 83.2 Å². The van der Waals surface area contributed by atoms with Crippen LogP contribution in [0.3, 0.4) is 0 Å². The van der Waals surface area contributed by atoms with Crippen LogP contribution < -0.4 is 56.0 Å². The fourth-order valence-electron chi connectivity index (χ4n) is 5.37. The number of likely N-dealkylation sites (N-methyl/N-ethyl adjacent to an activating group) is 1. The SMILES string of the molecule is CCN1CCN(C(=O)NC(C(=O)N[C@]2(NC=O)C(=O)N3C(C(=O)[O-])=C(C(=S)c4nnnn4NC)CS[C@H]32)c2ccc(O)c(O)c2)C(=O)C1=O.[Na+]. The molecule has 258 valence electrons. The number of phenols is 2. The van der Waals surface area contributed by atoms with E-state index in [0.717, 1.165) is 39.7 Å². The average molecular weight is 740 g/mol. The number of rotatable bonds is 11. The zero-order chi connectivity index (χ0) is 35.8. The van der Waals surface area contributed by atoms with Gasteiger partial charge in [0.2, 0.25) is 23.8 Å². The van der Waals surface area contributed by atoms with Crippen molar-refractivity contribution in [2.24, 2.45) is 0 Å². The van der Waals surface area contributed by atoms with Gasteiger partial charge in [-0.25, -0.2) is 4.79 Å². The second-order valence-electron chi connectivity index (χ2n) is 10.5. The maximum absolute atomic E-state index is 13.9. The first-order chi connectivity index (χ1) is 23.3. The summed E-state index contributed by atoms with van der Waals surface area (Å²) in [4.78, 5) is 93.8. The Morgan fingerprint density at radius 2 is 1.90 bits per heavy atom. The monoisotopic (exact) mass is 739 g/mol. The average Bonchev–Trinajstić information content (AvgIpc) is 3.57. The third-order valence-electron chi connectivity index (χ3n) is 7.83. The van der Waals surface area contributed by atoms with Crippen LogP contribution in [-0.2, 0) is 28.8 Å². The number of carbonyl (C=O) groups is 7. The predicted molar refractivity (Wildman–Crippen MR) is 165 cm³/mol. The number of tetrazole rings is 1. The van der Waals surface area contributed by atoms with Crippen molar-refractivity contribution in [2.75, 3.05) is 37.9 Å². The van der Waals surface area contributed by atoms with Crippen LogP contribution in [0, 0.1) is 0 Å². The van der Waals surface area contributed by atoms with Gasteiger partial charge in [-0.1, -0.05) is 18.3 Å². The number of piperazine rings is 1. The van der Waals surface area contributed by atoms with E-state index in [4.69, 9.17) is 12.2 Å². The van der Waals surface area contributed by atoms with Crippen molar-refractivity contribution < 1.29 is 78.4 Å². The van der Waals surface area contributed by atoms with Gasteiger partial charge in [0.25, 0.3) is 5.91 Å². The number of carboxylic acids is 1. The molecule has 6 N–H and O–H groups in total. The van der Waals surface area contributed by atoms with Gasteiger partial charge in [0.05, 0.1) is 16.5 Å². The Morgan fingerprint density at radius 1 is 1.18 bits per heavy atom. The zero-order valence-electron chi connectivity index (χ0n) is 26.4. The van der Waals surface area contributed by atoms with Crippen LogP contribution in [0.4, 0.5) is 4.79 Å². The van der Waals surface area contributed by atoms with Crippen molar-refractivity contribution in [3.63, 3.8) is 0 Å². The first kappa shape index (κ1) is 38.0. The molecule has 4 heterocycles. The number of nitrogens with one attached hydrogen (secondary N) is 4. The van der Waals surface area contributed by atoms with Crippen LogP contribution >= 0.6 is 24.0 Å². The molecule has 0 bridgehead atoms. The normalized spacial score (nSPS) is 20.6. The van der Waals surface area contributed by atoms with Crippen LogP contribution in [0.5, 0.6) is 11.5 Å². The summed E-state index contributed by atoms with van der Waals surface area (Å²) in [6.07, 6.45) is 0.0944. The van der Waals surface area contributed by atoms with E-state index >= 15 is 0 Å². The van der Waals surface area contributed by atoms with E-state index in [2.05, 4.69) is 36.9 Å². The molecule has 0 radical (unpaired) electrons. The number of aromatic hydroxyl groups is 2. The van der Waals surface area contributed by atoms with E-state index in [1.54, 1.807) is 6.92 Å². The first-order valence-corrected chi connectivity index (χ1v) is 15.6. The Bertz CT molecular complexity index is 1840. The molecule has 2 fully saturated rings. The number of fused-ring (bicyclic) bond motifs is 1. The number of benzene rings is 1. The molecule has 50 heavy (non-hydrogen) atoms. The maximum atomic E-state index is 13.9. The van der Waals surface area contributed by atoms with Gasteiger partial charge in [0, 0.05) is 38.0 Å². The van der Waals surface area contributed by atoms with Crippen molar-refractivity contribution in [3.8, 4) is 11.5 Å². The minimum Gasteiger partial charge on any atom is -0.543 e. The largest absolute Gasteiger partial charge is 1.00 e. The molecule has 0 spiro atoms. The fraction of sp³-hybridized carbons (Fsp3) is 0.346. The number of β-lactam (4-membered cyclic amide) rings is 1. The first-order valence-electron chi connectivity index (χ1n) is 14.2. The quantitative estimate of drug-likeness (QED) is 0.0182. The van der Waals surface area contributed by atoms with Gasteiger partial charge >= 0.3 is 47.4 Å². The maximum Gasteiger partial charge on any atom is 1.00 e. The van der Waals surface area contributed by atoms with Gasteiger partial charge in [-0.15, -0.1) is 21.7 Å². The fourth-order valence-corrected chi connectivity index (χ4v) is 7.19.